The Morgan fingerprint density at radius 1 is 1.25 bits per heavy atom. The van der Waals surface area contributed by atoms with Gasteiger partial charge in [0, 0.05) is 0 Å². The Morgan fingerprint density at radius 3 is 2.58 bits per heavy atom. The zero-order chi connectivity index (χ0) is 8.81. The van der Waals surface area contributed by atoms with Crippen molar-refractivity contribution in [1.82, 2.24) is 0 Å². The molecule has 0 aromatic rings. The molecule has 1 aliphatic rings. The molecule has 1 fully saturated rings. The van der Waals surface area contributed by atoms with Gasteiger partial charge in [-0.25, -0.2) is 0 Å². The number of unbranched alkanes of at least 4 members (excludes halogenated alkanes) is 2. The lowest BCUT2D eigenvalue weighted by Crippen LogP contribution is -2.14. The summed E-state index contributed by atoms with van der Waals surface area (Å²) >= 11 is 0. The van der Waals surface area contributed by atoms with E-state index in [9.17, 15) is 0 Å². The fourth-order valence-electron chi connectivity index (χ4n) is 1.97. The maximum atomic E-state index is 2.48. The van der Waals surface area contributed by atoms with Crippen LogP contribution in [0.25, 0.3) is 0 Å². The highest BCUT2D eigenvalue weighted by molar-refractivity contribution is 5.12. The molecule has 0 saturated heterocycles. The second-order valence-corrected chi connectivity index (χ2v) is 4.07. The third-order valence-electron chi connectivity index (χ3n) is 2.79. The molecule has 0 aromatic heterocycles. The SMILES string of the molecule is CCCCC=C1CC(CCC)C1. The van der Waals surface area contributed by atoms with Crippen molar-refractivity contribution >= 4 is 0 Å². The molecular weight excluding hydrogens is 144 g/mol. The molecule has 0 aliphatic heterocycles. The van der Waals surface area contributed by atoms with Gasteiger partial charge in [0.25, 0.3) is 0 Å². The molecule has 0 nitrogen and oxygen atoms in total. The van der Waals surface area contributed by atoms with E-state index in [2.05, 4.69) is 19.9 Å². The lowest BCUT2D eigenvalue weighted by molar-refractivity contribution is 0.383. The minimum absolute atomic E-state index is 1.04. The number of rotatable bonds is 5. The van der Waals surface area contributed by atoms with E-state index in [-0.39, 0.29) is 0 Å². The van der Waals surface area contributed by atoms with Crippen LogP contribution in [0.5, 0.6) is 0 Å². The van der Waals surface area contributed by atoms with Gasteiger partial charge in [-0.05, 0) is 25.2 Å². The van der Waals surface area contributed by atoms with Crippen molar-refractivity contribution in [2.24, 2.45) is 5.92 Å². The lowest BCUT2D eigenvalue weighted by Gasteiger charge is -2.29. The Balaban J connectivity index is 2.03. The van der Waals surface area contributed by atoms with Crippen molar-refractivity contribution in [1.29, 1.82) is 0 Å². The van der Waals surface area contributed by atoms with Crippen LogP contribution in [0.3, 0.4) is 0 Å². The normalized spacial score (nSPS) is 22.2. The molecule has 1 saturated carbocycles. The third-order valence-corrected chi connectivity index (χ3v) is 2.79. The second-order valence-electron chi connectivity index (χ2n) is 4.07. The van der Waals surface area contributed by atoms with Crippen LogP contribution in [0.2, 0.25) is 0 Å². The Labute approximate surface area is 77.1 Å². The molecule has 0 heteroatoms. The second kappa shape index (κ2) is 5.40. The van der Waals surface area contributed by atoms with Gasteiger partial charge in [0.2, 0.25) is 0 Å². The molecule has 70 valence electrons. The summed E-state index contributed by atoms with van der Waals surface area (Å²) in [6.07, 6.45) is 12.2. The number of hydrogen-bond acceptors (Lipinski definition) is 0. The van der Waals surface area contributed by atoms with Crippen molar-refractivity contribution in [3.63, 3.8) is 0 Å². The first kappa shape index (κ1) is 9.83. The first-order chi connectivity index (χ1) is 5.86. The lowest BCUT2D eigenvalue weighted by atomic mass is 9.77. The number of hydrogen-bond donors (Lipinski definition) is 0. The average Bonchev–Trinajstić information content (AvgIpc) is 2.00. The summed E-state index contributed by atoms with van der Waals surface area (Å²) in [5, 5.41) is 0. The highest BCUT2D eigenvalue weighted by Crippen LogP contribution is 2.36. The molecule has 1 rings (SSSR count). The van der Waals surface area contributed by atoms with Crippen LogP contribution >= 0.6 is 0 Å². The smallest absolute Gasteiger partial charge is 0.0289 e. The minimum atomic E-state index is 1.04. The topological polar surface area (TPSA) is 0 Å². The highest BCUT2D eigenvalue weighted by atomic mass is 14.3. The van der Waals surface area contributed by atoms with Gasteiger partial charge in [-0.15, -0.1) is 0 Å². The van der Waals surface area contributed by atoms with Crippen LogP contribution in [-0.2, 0) is 0 Å². The molecule has 0 aromatic carbocycles. The Hall–Kier alpha value is -0.260. The van der Waals surface area contributed by atoms with E-state index in [0.29, 0.717) is 0 Å². The first-order valence-corrected chi connectivity index (χ1v) is 5.54. The van der Waals surface area contributed by atoms with Crippen LogP contribution in [0, 0.1) is 5.92 Å². The van der Waals surface area contributed by atoms with Gasteiger partial charge in [-0.2, -0.15) is 0 Å². The van der Waals surface area contributed by atoms with E-state index in [1.54, 1.807) is 5.57 Å². The van der Waals surface area contributed by atoms with E-state index in [4.69, 9.17) is 0 Å². The Morgan fingerprint density at radius 2 is 2.00 bits per heavy atom. The fraction of sp³-hybridized carbons (Fsp3) is 0.833. The van der Waals surface area contributed by atoms with E-state index < -0.39 is 0 Å². The summed E-state index contributed by atoms with van der Waals surface area (Å²) in [4.78, 5) is 0. The fourth-order valence-corrected chi connectivity index (χ4v) is 1.97. The molecule has 0 radical (unpaired) electrons. The monoisotopic (exact) mass is 166 g/mol. The Kier molecular flexibility index (Phi) is 4.42. The summed E-state index contributed by atoms with van der Waals surface area (Å²) in [7, 11) is 0. The summed E-state index contributed by atoms with van der Waals surface area (Å²) in [6, 6.07) is 0. The van der Waals surface area contributed by atoms with E-state index in [1.807, 2.05) is 0 Å². The summed E-state index contributed by atoms with van der Waals surface area (Å²) in [6.45, 7) is 4.55. The van der Waals surface area contributed by atoms with Crippen LogP contribution < -0.4 is 0 Å². The van der Waals surface area contributed by atoms with Crippen molar-refractivity contribution in [2.45, 2.75) is 58.8 Å². The third kappa shape index (κ3) is 3.00. The maximum Gasteiger partial charge on any atom is -0.0289 e. The molecule has 0 amide bonds. The molecule has 0 N–H and O–H groups in total. The predicted molar refractivity (Wildman–Crippen MR) is 55.2 cm³/mol. The molecule has 12 heavy (non-hydrogen) atoms. The standard InChI is InChI=1S/C12H22/c1-3-5-6-8-12-9-11(10-12)7-4-2/h8,11H,3-7,9-10H2,1-2H3. The van der Waals surface area contributed by atoms with Crippen molar-refractivity contribution in [3.8, 4) is 0 Å². The predicted octanol–water partition coefficient (Wildman–Crippen LogP) is 4.31. The Bertz CT molecular complexity index is 136. The summed E-state index contributed by atoms with van der Waals surface area (Å²) < 4.78 is 0. The van der Waals surface area contributed by atoms with E-state index >= 15 is 0 Å². The van der Waals surface area contributed by atoms with Gasteiger partial charge >= 0.3 is 0 Å². The van der Waals surface area contributed by atoms with Crippen molar-refractivity contribution in [2.75, 3.05) is 0 Å². The summed E-state index contributed by atoms with van der Waals surface area (Å²) in [5.74, 6) is 1.04. The van der Waals surface area contributed by atoms with Gasteiger partial charge in [0.1, 0.15) is 0 Å². The molecule has 1 aliphatic carbocycles. The highest BCUT2D eigenvalue weighted by Gasteiger charge is 2.20. The minimum Gasteiger partial charge on any atom is -0.0853 e. The molecule has 0 atom stereocenters. The van der Waals surface area contributed by atoms with Gasteiger partial charge in [-0.3, -0.25) is 0 Å². The summed E-state index contributed by atoms with van der Waals surface area (Å²) in [5.41, 5.74) is 1.74. The van der Waals surface area contributed by atoms with E-state index in [0.717, 1.165) is 5.92 Å². The van der Waals surface area contributed by atoms with Crippen molar-refractivity contribution < 1.29 is 0 Å². The molecule has 0 heterocycles. The average molecular weight is 166 g/mol. The molecule has 0 bridgehead atoms. The number of allylic oxidation sites excluding steroid dienone is 2. The maximum absolute atomic E-state index is 2.48. The zero-order valence-electron chi connectivity index (χ0n) is 8.60. The van der Waals surface area contributed by atoms with Gasteiger partial charge in [-0.1, -0.05) is 51.2 Å². The van der Waals surface area contributed by atoms with Gasteiger partial charge in [0.15, 0.2) is 0 Å². The van der Waals surface area contributed by atoms with Gasteiger partial charge < -0.3 is 0 Å². The van der Waals surface area contributed by atoms with Crippen LogP contribution in [0.15, 0.2) is 11.6 Å². The van der Waals surface area contributed by atoms with Crippen LogP contribution in [-0.4, -0.2) is 0 Å². The quantitative estimate of drug-likeness (QED) is 0.421. The first-order valence-electron chi connectivity index (χ1n) is 5.54. The van der Waals surface area contributed by atoms with E-state index in [1.165, 1.54) is 44.9 Å². The van der Waals surface area contributed by atoms with Crippen LogP contribution in [0.1, 0.15) is 58.8 Å². The molecule has 0 spiro atoms. The van der Waals surface area contributed by atoms with Gasteiger partial charge in [0.05, 0.1) is 0 Å². The largest absolute Gasteiger partial charge is 0.0853 e. The molecular formula is C12H22. The molecule has 0 unspecified atom stereocenters. The zero-order valence-corrected chi connectivity index (χ0v) is 8.60. The van der Waals surface area contributed by atoms with Crippen LogP contribution in [0.4, 0.5) is 0 Å². The van der Waals surface area contributed by atoms with Crippen molar-refractivity contribution in [3.05, 3.63) is 11.6 Å².